The molecule has 0 unspecified atom stereocenters. The maximum Gasteiger partial charge on any atom is 0.435 e. The van der Waals surface area contributed by atoms with Gasteiger partial charge >= 0.3 is 12.2 Å². The maximum absolute atomic E-state index is 13.7. The molecule has 1 spiro atoms. The number of methoxy groups -OCH3 is 1. The summed E-state index contributed by atoms with van der Waals surface area (Å²) >= 11 is 6.50. The van der Waals surface area contributed by atoms with Crippen LogP contribution >= 0.6 is 11.6 Å². The molecule has 2 fully saturated rings. The van der Waals surface area contributed by atoms with Gasteiger partial charge in [-0.05, 0) is 68.7 Å². The molecule has 244 valence electrons. The number of aromatic nitrogens is 4. The molecule has 0 radical (unpaired) electrons. The van der Waals surface area contributed by atoms with Crippen molar-refractivity contribution in [3.05, 3.63) is 58.7 Å². The fourth-order valence-electron chi connectivity index (χ4n) is 6.37. The topological polar surface area (TPSA) is 161 Å². The van der Waals surface area contributed by atoms with Crippen LogP contribution in [0.2, 0.25) is 5.02 Å². The Morgan fingerprint density at radius 1 is 1.13 bits per heavy atom. The van der Waals surface area contributed by atoms with Gasteiger partial charge in [0.1, 0.15) is 16.4 Å². The van der Waals surface area contributed by atoms with Gasteiger partial charge in [-0.15, -0.1) is 5.10 Å². The summed E-state index contributed by atoms with van der Waals surface area (Å²) in [6.07, 6.45) is -0.164. The van der Waals surface area contributed by atoms with Crippen molar-refractivity contribution in [2.45, 2.75) is 44.1 Å². The molecule has 2 aliphatic heterocycles. The van der Waals surface area contributed by atoms with Crippen molar-refractivity contribution in [2.24, 2.45) is 0 Å². The van der Waals surface area contributed by atoms with Crippen molar-refractivity contribution in [3.63, 3.8) is 0 Å². The average molecular weight is 662 g/mol. The average Bonchev–Trinajstić information content (AvgIpc) is 3.62. The quantitative estimate of drug-likeness (QED) is 0.284. The lowest BCUT2D eigenvalue weighted by molar-refractivity contribution is -0.119. The van der Waals surface area contributed by atoms with Crippen LogP contribution in [0.5, 0.6) is 5.75 Å². The second-order valence-electron chi connectivity index (χ2n) is 12.6. The van der Waals surface area contributed by atoms with E-state index in [-0.39, 0.29) is 10.9 Å². The Bertz CT molecular complexity index is 1950. The van der Waals surface area contributed by atoms with E-state index in [2.05, 4.69) is 20.4 Å². The molecule has 2 atom stereocenters. The molecular formula is C32H32ClN7O7. The number of nitrogens with zero attached hydrogens (tertiary/aromatic N) is 6. The first kappa shape index (κ1) is 30.7. The number of rotatable bonds is 5. The number of morpholine rings is 1. The van der Waals surface area contributed by atoms with Crippen molar-refractivity contribution in [2.75, 3.05) is 48.5 Å². The number of carbonyl (C=O) groups is 3. The summed E-state index contributed by atoms with van der Waals surface area (Å²) in [5.74, 6) is 0.728. The number of hydrogen-bond acceptors (Lipinski definition) is 11. The van der Waals surface area contributed by atoms with Gasteiger partial charge in [0.25, 0.3) is 0 Å². The Labute approximate surface area is 274 Å². The van der Waals surface area contributed by atoms with E-state index < -0.39 is 29.1 Å². The largest absolute Gasteiger partial charge is 0.497 e. The molecule has 2 aromatic carbocycles. The van der Waals surface area contributed by atoms with E-state index in [9.17, 15) is 19.5 Å². The molecule has 47 heavy (non-hydrogen) atoms. The summed E-state index contributed by atoms with van der Waals surface area (Å²) in [6.45, 7) is 7.66. The molecule has 2 N–H and O–H groups in total. The smallest absolute Gasteiger partial charge is 0.435 e. The van der Waals surface area contributed by atoms with Crippen LogP contribution in [-0.2, 0) is 19.7 Å². The van der Waals surface area contributed by atoms with Crippen LogP contribution in [0, 0.1) is 0 Å². The fraction of sp³-hybridized carbons (Fsp3) is 0.375. The highest BCUT2D eigenvalue weighted by Crippen LogP contribution is 2.67. The van der Waals surface area contributed by atoms with E-state index in [1.54, 1.807) is 51.1 Å². The minimum atomic E-state index is -1.35. The molecule has 14 nitrogen and oxygen atoms in total. The van der Waals surface area contributed by atoms with E-state index in [0.717, 1.165) is 15.1 Å². The third kappa shape index (κ3) is 5.17. The Morgan fingerprint density at radius 2 is 1.89 bits per heavy atom. The van der Waals surface area contributed by atoms with Crippen LogP contribution in [0.25, 0.3) is 10.9 Å². The van der Waals surface area contributed by atoms with Crippen molar-refractivity contribution in [1.82, 2.24) is 19.7 Å². The van der Waals surface area contributed by atoms with Crippen molar-refractivity contribution >= 4 is 63.9 Å². The number of nitrogens with one attached hydrogen (secondary N) is 1. The zero-order valence-corrected chi connectivity index (χ0v) is 26.9. The lowest BCUT2D eigenvalue weighted by atomic mass is 9.91. The second-order valence-corrected chi connectivity index (χ2v) is 13.0. The Morgan fingerprint density at radius 3 is 2.60 bits per heavy atom. The minimum absolute atomic E-state index is 0.260. The van der Waals surface area contributed by atoms with Gasteiger partial charge < -0.3 is 29.5 Å². The number of carbonyl (C=O) groups excluding carboxylic acids is 2. The maximum atomic E-state index is 13.7. The molecule has 7 rings (SSSR count). The number of amides is 2. The number of hydrogen-bond donors (Lipinski definition) is 2. The first-order valence-electron chi connectivity index (χ1n) is 15.1. The van der Waals surface area contributed by atoms with E-state index in [4.69, 9.17) is 25.8 Å². The molecule has 1 aliphatic carbocycles. The Hall–Kier alpha value is -4.95. The predicted octanol–water partition coefficient (Wildman–Crippen LogP) is 5.30. The van der Waals surface area contributed by atoms with Crippen molar-refractivity contribution < 1.29 is 33.7 Å². The lowest BCUT2D eigenvalue weighted by Crippen LogP contribution is -2.37. The zero-order chi connectivity index (χ0) is 33.2. The van der Waals surface area contributed by atoms with Crippen LogP contribution in [0.15, 0.2) is 42.6 Å². The summed E-state index contributed by atoms with van der Waals surface area (Å²) in [4.78, 5) is 51.1. The van der Waals surface area contributed by atoms with E-state index in [1.807, 2.05) is 11.0 Å². The third-order valence-electron chi connectivity index (χ3n) is 8.60. The number of carboxylic acid groups (broad SMARTS) is 1. The van der Waals surface area contributed by atoms with Crippen LogP contribution in [0.1, 0.15) is 44.2 Å². The standard InChI is InChI=1S/C32H32ClN7O7/c1-31(2,3)47-30(44)40-24-13-17(21-15-32(21)20-14-18(45-4)6-8-23(20)39(27(32)41)29(42)43)5-7-19(24)25(37-40)35-26-22(33)16-34-28(36-26)38-9-11-46-12-10-38/h5-8,13-14,16,21H,9-12,15H2,1-4H3,(H,42,43)(H,34,35,36,37)/t21-,32-/m0/s1. The monoisotopic (exact) mass is 661 g/mol. The lowest BCUT2D eigenvalue weighted by Gasteiger charge is -2.27. The summed E-state index contributed by atoms with van der Waals surface area (Å²) in [5, 5.41) is 18.5. The SMILES string of the molecule is COc1ccc2c(c1)[C@]1(C[C@H]1c1ccc3c(Nc4nc(N5CCOCC5)ncc4Cl)nn(C(=O)OC(C)(C)C)c3c1)C(=O)N2C(=O)O. The van der Waals surface area contributed by atoms with Crippen LogP contribution in [0.4, 0.5) is 32.9 Å². The van der Waals surface area contributed by atoms with E-state index in [0.29, 0.717) is 78.2 Å². The van der Waals surface area contributed by atoms with Crippen LogP contribution in [-0.4, -0.2) is 82.0 Å². The first-order valence-corrected chi connectivity index (χ1v) is 15.4. The van der Waals surface area contributed by atoms with E-state index in [1.165, 1.54) is 13.3 Å². The number of benzene rings is 2. The third-order valence-corrected chi connectivity index (χ3v) is 8.87. The highest BCUT2D eigenvalue weighted by molar-refractivity contribution is 6.33. The van der Waals surface area contributed by atoms with Crippen LogP contribution in [0.3, 0.4) is 0 Å². The van der Waals surface area contributed by atoms with Gasteiger partial charge in [0.05, 0.1) is 43.1 Å². The molecule has 2 aromatic heterocycles. The highest BCUT2D eigenvalue weighted by atomic mass is 35.5. The van der Waals surface area contributed by atoms with Gasteiger partial charge in [-0.2, -0.15) is 9.67 Å². The van der Waals surface area contributed by atoms with Crippen LogP contribution < -0.4 is 19.9 Å². The molecule has 15 heteroatoms. The van der Waals surface area contributed by atoms with Crippen molar-refractivity contribution in [1.29, 1.82) is 0 Å². The summed E-state index contributed by atoms with van der Waals surface area (Å²) < 4.78 is 17.7. The normalized spacial score (nSPS) is 20.4. The van der Waals surface area contributed by atoms with Gasteiger partial charge in [0.15, 0.2) is 11.6 Å². The molecule has 2 amide bonds. The molecule has 1 saturated carbocycles. The van der Waals surface area contributed by atoms with Gasteiger partial charge in [-0.25, -0.2) is 19.5 Å². The van der Waals surface area contributed by atoms with Gasteiger partial charge in [0, 0.05) is 24.4 Å². The molecule has 1 saturated heterocycles. The summed E-state index contributed by atoms with van der Waals surface area (Å²) in [5.41, 5.74) is 0.174. The minimum Gasteiger partial charge on any atom is -0.497 e. The number of imide groups is 1. The first-order chi connectivity index (χ1) is 22.4. The van der Waals surface area contributed by atoms with Gasteiger partial charge in [-0.3, -0.25) is 4.79 Å². The second kappa shape index (κ2) is 11.1. The molecule has 3 aliphatic rings. The number of fused-ring (bicyclic) bond motifs is 3. The Balaban J connectivity index is 1.29. The van der Waals surface area contributed by atoms with E-state index >= 15 is 0 Å². The molecule has 4 heterocycles. The summed E-state index contributed by atoms with van der Waals surface area (Å²) in [6, 6.07) is 10.4. The Kier molecular flexibility index (Phi) is 7.24. The number of ether oxygens (including phenoxy) is 3. The molecule has 0 bridgehead atoms. The molecular weight excluding hydrogens is 630 g/mol. The molecule has 4 aromatic rings. The summed E-state index contributed by atoms with van der Waals surface area (Å²) in [7, 11) is 1.51. The fourth-order valence-corrected chi connectivity index (χ4v) is 6.50. The number of halogens is 1. The highest BCUT2D eigenvalue weighted by Gasteiger charge is 2.68. The predicted molar refractivity (Wildman–Crippen MR) is 172 cm³/mol. The van der Waals surface area contributed by atoms with Gasteiger partial charge in [0.2, 0.25) is 11.9 Å². The zero-order valence-electron chi connectivity index (χ0n) is 26.1. The van der Waals surface area contributed by atoms with Gasteiger partial charge in [-0.1, -0.05) is 17.7 Å². The van der Waals surface area contributed by atoms with Crippen molar-refractivity contribution in [3.8, 4) is 5.75 Å². The number of anilines is 4.